The third kappa shape index (κ3) is 3.28. The summed E-state index contributed by atoms with van der Waals surface area (Å²) in [5.41, 5.74) is -0.0822. The SMILES string of the molecule is Cc1cnc(CN2CC3(CC(NC(=O)CS(C)(=O)=O)c4nccn43)C2)s1. The van der Waals surface area contributed by atoms with Crippen molar-refractivity contribution in [3.63, 3.8) is 0 Å². The lowest BCUT2D eigenvalue weighted by Crippen LogP contribution is -2.60. The number of hydrogen-bond donors (Lipinski definition) is 1. The first kappa shape index (κ1) is 17.6. The molecule has 26 heavy (non-hydrogen) atoms. The van der Waals surface area contributed by atoms with Gasteiger partial charge in [0, 0.05) is 49.2 Å². The van der Waals surface area contributed by atoms with Crippen LogP contribution in [-0.4, -0.2) is 58.9 Å². The van der Waals surface area contributed by atoms with Gasteiger partial charge in [-0.3, -0.25) is 9.69 Å². The second-order valence-corrected chi connectivity index (χ2v) is 10.7. The number of rotatable bonds is 5. The standard InChI is InChI=1S/C16H21N5O3S2/c1-11-6-18-14(25-11)7-20-9-16(10-20)5-12(15-17-3-4-21(15)16)19-13(22)8-26(2,23)24/h3-4,6,12H,5,7-10H2,1-2H3,(H,19,22). The molecule has 1 saturated heterocycles. The van der Waals surface area contributed by atoms with E-state index in [0.717, 1.165) is 43.1 Å². The van der Waals surface area contributed by atoms with Crippen LogP contribution in [0.3, 0.4) is 0 Å². The number of sulfone groups is 1. The van der Waals surface area contributed by atoms with Crippen LogP contribution in [0.2, 0.25) is 0 Å². The molecule has 1 fully saturated rings. The van der Waals surface area contributed by atoms with E-state index in [2.05, 4.69) is 31.7 Å². The molecule has 140 valence electrons. The molecule has 8 nitrogen and oxygen atoms in total. The molecule has 2 aromatic rings. The fourth-order valence-corrected chi connectivity index (χ4v) is 5.37. The third-order valence-electron chi connectivity index (χ3n) is 4.87. The number of carbonyl (C=O) groups excluding carboxylic acids is 1. The van der Waals surface area contributed by atoms with E-state index in [1.165, 1.54) is 4.88 Å². The number of likely N-dealkylation sites (tertiary alicyclic amines) is 1. The van der Waals surface area contributed by atoms with Gasteiger partial charge in [-0.1, -0.05) is 0 Å². The van der Waals surface area contributed by atoms with E-state index in [0.29, 0.717) is 0 Å². The Balaban J connectivity index is 1.43. The molecule has 2 aromatic heterocycles. The van der Waals surface area contributed by atoms with E-state index in [1.807, 2.05) is 12.4 Å². The highest BCUT2D eigenvalue weighted by molar-refractivity contribution is 7.91. The van der Waals surface area contributed by atoms with Gasteiger partial charge in [-0.25, -0.2) is 18.4 Å². The Labute approximate surface area is 156 Å². The van der Waals surface area contributed by atoms with Crippen molar-refractivity contribution < 1.29 is 13.2 Å². The number of thiazole rings is 1. The van der Waals surface area contributed by atoms with Crippen LogP contribution in [0.15, 0.2) is 18.6 Å². The number of amides is 1. The average Bonchev–Trinajstić information content (AvgIpc) is 3.15. The Bertz CT molecular complexity index is 943. The topological polar surface area (TPSA) is 97.2 Å². The molecule has 4 heterocycles. The van der Waals surface area contributed by atoms with Crippen molar-refractivity contribution in [1.29, 1.82) is 0 Å². The molecule has 1 N–H and O–H groups in total. The summed E-state index contributed by atoms with van der Waals surface area (Å²) in [5, 5.41) is 3.95. The zero-order valence-electron chi connectivity index (χ0n) is 14.7. The van der Waals surface area contributed by atoms with Crippen molar-refractivity contribution in [3.05, 3.63) is 34.3 Å². The van der Waals surface area contributed by atoms with Gasteiger partial charge in [0.15, 0.2) is 9.84 Å². The van der Waals surface area contributed by atoms with E-state index in [1.54, 1.807) is 17.5 Å². The van der Waals surface area contributed by atoms with Gasteiger partial charge in [-0.2, -0.15) is 0 Å². The minimum Gasteiger partial charge on any atom is -0.345 e. The molecule has 10 heteroatoms. The number of hydrogen-bond acceptors (Lipinski definition) is 7. The highest BCUT2D eigenvalue weighted by Crippen LogP contribution is 2.44. The van der Waals surface area contributed by atoms with Crippen molar-refractivity contribution in [2.75, 3.05) is 25.1 Å². The summed E-state index contributed by atoms with van der Waals surface area (Å²) in [6.07, 6.45) is 7.38. The lowest BCUT2D eigenvalue weighted by molar-refractivity contribution is -0.119. The highest BCUT2D eigenvalue weighted by atomic mass is 32.2. The van der Waals surface area contributed by atoms with Gasteiger partial charge >= 0.3 is 0 Å². The molecule has 0 aromatic carbocycles. The molecular weight excluding hydrogens is 374 g/mol. The van der Waals surface area contributed by atoms with Crippen LogP contribution < -0.4 is 5.32 Å². The van der Waals surface area contributed by atoms with Gasteiger partial charge in [0.25, 0.3) is 0 Å². The molecule has 1 spiro atoms. The maximum absolute atomic E-state index is 12.0. The first-order chi connectivity index (χ1) is 12.2. The number of aryl methyl sites for hydroxylation is 1. The van der Waals surface area contributed by atoms with Crippen molar-refractivity contribution in [3.8, 4) is 0 Å². The summed E-state index contributed by atoms with van der Waals surface area (Å²) < 4.78 is 24.8. The smallest absolute Gasteiger partial charge is 0.235 e. The summed E-state index contributed by atoms with van der Waals surface area (Å²) >= 11 is 1.71. The van der Waals surface area contributed by atoms with E-state index in [4.69, 9.17) is 0 Å². The minimum absolute atomic E-state index is 0.0822. The molecule has 0 aliphatic carbocycles. The van der Waals surface area contributed by atoms with Crippen molar-refractivity contribution in [1.82, 2.24) is 24.8 Å². The van der Waals surface area contributed by atoms with Crippen molar-refractivity contribution >= 4 is 27.1 Å². The minimum atomic E-state index is -3.34. The van der Waals surface area contributed by atoms with Crippen LogP contribution >= 0.6 is 11.3 Å². The van der Waals surface area contributed by atoms with Crippen LogP contribution in [0.25, 0.3) is 0 Å². The zero-order valence-corrected chi connectivity index (χ0v) is 16.3. The van der Waals surface area contributed by atoms with Crippen LogP contribution in [0.4, 0.5) is 0 Å². The molecule has 2 aliphatic rings. The van der Waals surface area contributed by atoms with Gasteiger partial charge < -0.3 is 9.88 Å². The Morgan fingerprint density at radius 3 is 2.85 bits per heavy atom. The first-order valence-electron chi connectivity index (χ1n) is 8.39. The Morgan fingerprint density at radius 1 is 1.42 bits per heavy atom. The fraction of sp³-hybridized carbons (Fsp3) is 0.562. The number of fused-ring (bicyclic) bond motifs is 2. The number of aromatic nitrogens is 3. The number of nitrogens with one attached hydrogen (secondary N) is 1. The molecule has 2 aliphatic heterocycles. The predicted molar refractivity (Wildman–Crippen MR) is 97.5 cm³/mol. The van der Waals surface area contributed by atoms with E-state index in [-0.39, 0.29) is 11.6 Å². The molecule has 1 unspecified atom stereocenters. The van der Waals surface area contributed by atoms with Crippen LogP contribution in [-0.2, 0) is 26.7 Å². The molecule has 0 radical (unpaired) electrons. The monoisotopic (exact) mass is 395 g/mol. The summed E-state index contributed by atoms with van der Waals surface area (Å²) in [4.78, 5) is 24.4. The maximum atomic E-state index is 12.0. The quantitative estimate of drug-likeness (QED) is 0.790. The van der Waals surface area contributed by atoms with Crippen LogP contribution in [0.1, 0.15) is 28.2 Å². The van der Waals surface area contributed by atoms with Gasteiger partial charge in [0.1, 0.15) is 16.6 Å². The third-order valence-corrected chi connectivity index (χ3v) is 6.55. The maximum Gasteiger partial charge on any atom is 0.235 e. The van der Waals surface area contributed by atoms with Crippen LogP contribution in [0.5, 0.6) is 0 Å². The molecule has 0 bridgehead atoms. The number of imidazole rings is 1. The van der Waals surface area contributed by atoms with Crippen molar-refractivity contribution in [2.45, 2.75) is 31.5 Å². The van der Waals surface area contributed by atoms with Crippen molar-refractivity contribution in [2.24, 2.45) is 0 Å². The van der Waals surface area contributed by atoms with E-state index >= 15 is 0 Å². The van der Waals surface area contributed by atoms with Gasteiger partial charge in [0.2, 0.25) is 5.91 Å². The first-order valence-corrected chi connectivity index (χ1v) is 11.3. The van der Waals surface area contributed by atoms with Crippen LogP contribution in [0, 0.1) is 6.92 Å². The number of nitrogens with zero attached hydrogens (tertiary/aromatic N) is 4. The predicted octanol–water partition coefficient (Wildman–Crippen LogP) is 0.465. The summed E-state index contributed by atoms with van der Waals surface area (Å²) in [6.45, 7) is 4.62. The largest absolute Gasteiger partial charge is 0.345 e. The zero-order chi connectivity index (χ0) is 18.5. The normalized spacial score (nSPS) is 21.5. The summed E-state index contributed by atoms with van der Waals surface area (Å²) in [7, 11) is -3.34. The molecule has 4 rings (SSSR count). The van der Waals surface area contributed by atoms with Gasteiger partial charge in [-0.15, -0.1) is 11.3 Å². The Kier molecular flexibility index (Phi) is 4.16. The lowest BCUT2D eigenvalue weighted by atomic mass is 9.86. The average molecular weight is 396 g/mol. The van der Waals surface area contributed by atoms with E-state index < -0.39 is 21.5 Å². The fourth-order valence-electron chi connectivity index (χ4n) is 3.98. The molecule has 1 atom stereocenters. The summed E-state index contributed by atoms with van der Waals surface area (Å²) in [6, 6.07) is -0.247. The molecular formula is C16H21N5O3S2. The van der Waals surface area contributed by atoms with E-state index in [9.17, 15) is 13.2 Å². The number of carbonyl (C=O) groups is 1. The second-order valence-electron chi connectivity index (χ2n) is 7.28. The van der Waals surface area contributed by atoms with Gasteiger partial charge in [-0.05, 0) is 6.92 Å². The molecule has 1 amide bonds. The summed E-state index contributed by atoms with van der Waals surface area (Å²) in [5.74, 6) is -0.164. The second kappa shape index (κ2) is 6.14. The lowest BCUT2D eigenvalue weighted by Gasteiger charge is -2.49. The molecule has 0 saturated carbocycles. The van der Waals surface area contributed by atoms with Gasteiger partial charge in [0.05, 0.1) is 18.1 Å². The highest BCUT2D eigenvalue weighted by Gasteiger charge is 2.52. The Hall–Kier alpha value is -1.78. The Morgan fingerprint density at radius 2 is 2.19 bits per heavy atom.